The number of aliphatic hydroxyl groups is 1. The van der Waals surface area contributed by atoms with Gasteiger partial charge in [-0.2, -0.15) is 0 Å². The Bertz CT molecular complexity index is 456. The minimum absolute atomic E-state index is 0.104. The molecule has 0 aromatic rings. The molecule has 130 valence electrons. The van der Waals surface area contributed by atoms with Crippen molar-refractivity contribution in [3.63, 3.8) is 0 Å². The maximum Gasteiger partial charge on any atom is 0.225 e. The molecule has 1 atom stereocenters. The van der Waals surface area contributed by atoms with Crippen molar-refractivity contribution < 1.29 is 19.4 Å². The molecule has 6 nitrogen and oxygen atoms in total. The second kappa shape index (κ2) is 6.77. The summed E-state index contributed by atoms with van der Waals surface area (Å²) in [7, 11) is 0. The molecule has 2 aliphatic carbocycles. The Morgan fingerprint density at radius 2 is 2.09 bits per heavy atom. The third-order valence-corrected chi connectivity index (χ3v) is 5.50. The van der Waals surface area contributed by atoms with Crippen molar-refractivity contribution in [3.05, 3.63) is 0 Å². The number of nitrogens with one attached hydrogen (secondary N) is 1. The summed E-state index contributed by atoms with van der Waals surface area (Å²) in [6.45, 7) is 3.37. The van der Waals surface area contributed by atoms with Crippen LogP contribution in [-0.4, -0.2) is 59.3 Å². The largest absolute Gasteiger partial charge is 0.388 e. The van der Waals surface area contributed by atoms with Gasteiger partial charge in [0, 0.05) is 45.0 Å². The van der Waals surface area contributed by atoms with E-state index in [2.05, 4.69) is 5.32 Å². The fourth-order valence-corrected chi connectivity index (χ4v) is 4.16. The number of likely N-dealkylation sites (tertiary alicyclic amines) is 1. The Morgan fingerprint density at radius 1 is 1.39 bits per heavy atom. The van der Waals surface area contributed by atoms with Crippen LogP contribution in [0.4, 0.5) is 0 Å². The number of carbonyl (C=O) groups is 2. The summed E-state index contributed by atoms with van der Waals surface area (Å²) in [6.07, 6.45) is 6.05. The van der Waals surface area contributed by atoms with Crippen LogP contribution in [0.1, 0.15) is 51.9 Å². The molecule has 1 heterocycles. The smallest absolute Gasteiger partial charge is 0.225 e. The first kappa shape index (κ1) is 16.7. The highest BCUT2D eigenvalue weighted by molar-refractivity contribution is 5.89. The van der Waals surface area contributed by atoms with E-state index in [1.165, 1.54) is 12.8 Å². The average Bonchev–Trinajstić information content (AvgIpc) is 3.12. The molecule has 0 spiro atoms. The van der Waals surface area contributed by atoms with Gasteiger partial charge >= 0.3 is 0 Å². The average molecular weight is 324 g/mol. The molecule has 6 heteroatoms. The Kier molecular flexibility index (Phi) is 4.92. The van der Waals surface area contributed by atoms with Crippen molar-refractivity contribution in [1.29, 1.82) is 0 Å². The number of ether oxygens (including phenoxy) is 1. The number of hydrogen-bond acceptors (Lipinski definition) is 4. The third-order valence-electron chi connectivity index (χ3n) is 5.50. The van der Waals surface area contributed by atoms with Crippen LogP contribution in [-0.2, 0) is 14.3 Å². The van der Waals surface area contributed by atoms with E-state index in [9.17, 15) is 14.7 Å². The van der Waals surface area contributed by atoms with E-state index in [0.717, 1.165) is 12.8 Å². The van der Waals surface area contributed by atoms with Gasteiger partial charge in [-0.3, -0.25) is 9.59 Å². The predicted molar refractivity (Wildman–Crippen MR) is 84.7 cm³/mol. The van der Waals surface area contributed by atoms with E-state index in [4.69, 9.17) is 4.74 Å². The van der Waals surface area contributed by atoms with Crippen LogP contribution in [0.15, 0.2) is 0 Å². The second-order valence-electron chi connectivity index (χ2n) is 7.31. The van der Waals surface area contributed by atoms with E-state index in [1.807, 2.05) is 11.8 Å². The van der Waals surface area contributed by atoms with Gasteiger partial charge in [0.25, 0.3) is 0 Å². The van der Waals surface area contributed by atoms with Crippen LogP contribution < -0.4 is 5.32 Å². The minimum Gasteiger partial charge on any atom is -0.388 e. The monoisotopic (exact) mass is 324 g/mol. The van der Waals surface area contributed by atoms with Crippen molar-refractivity contribution in [2.75, 3.05) is 19.7 Å². The molecule has 3 aliphatic rings. The van der Waals surface area contributed by atoms with E-state index in [1.54, 1.807) is 0 Å². The molecule has 2 N–H and O–H groups in total. The molecule has 2 saturated carbocycles. The zero-order valence-electron chi connectivity index (χ0n) is 13.9. The Labute approximate surface area is 137 Å². The number of rotatable bonds is 6. The molecular weight excluding hydrogens is 296 g/mol. The summed E-state index contributed by atoms with van der Waals surface area (Å²) in [5, 5.41) is 13.1. The van der Waals surface area contributed by atoms with Gasteiger partial charge in [-0.15, -0.1) is 0 Å². The fraction of sp³-hybridized carbons (Fsp3) is 0.882. The number of hydrogen-bond donors (Lipinski definition) is 2. The third kappa shape index (κ3) is 3.69. The van der Waals surface area contributed by atoms with Gasteiger partial charge in [-0.25, -0.2) is 0 Å². The molecular formula is C17H28N2O4. The summed E-state index contributed by atoms with van der Waals surface area (Å²) in [6, 6.07) is 0.336. The summed E-state index contributed by atoms with van der Waals surface area (Å²) >= 11 is 0. The van der Waals surface area contributed by atoms with Crippen LogP contribution in [0.3, 0.4) is 0 Å². The molecule has 1 saturated heterocycles. The van der Waals surface area contributed by atoms with Crippen molar-refractivity contribution >= 4 is 11.8 Å². The summed E-state index contributed by atoms with van der Waals surface area (Å²) in [5.41, 5.74) is -0.844. The van der Waals surface area contributed by atoms with E-state index >= 15 is 0 Å². The first-order chi connectivity index (χ1) is 11.0. The van der Waals surface area contributed by atoms with Crippen LogP contribution >= 0.6 is 0 Å². The summed E-state index contributed by atoms with van der Waals surface area (Å²) in [5.74, 6) is -0.266. The molecule has 2 amide bonds. The highest BCUT2D eigenvalue weighted by atomic mass is 16.5. The molecule has 1 aliphatic heterocycles. The van der Waals surface area contributed by atoms with Crippen molar-refractivity contribution in [3.8, 4) is 0 Å². The Balaban J connectivity index is 1.43. The molecule has 0 bridgehead atoms. The molecule has 3 rings (SSSR count). The van der Waals surface area contributed by atoms with Gasteiger partial charge in [0.2, 0.25) is 11.8 Å². The van der Waals surface area contributed by atoms with Crippen LogP contribution in [0.2, 0.25) is 0 Å². The van der Waals surface area contributed by atoms with Gasteiger partial charge in [0.1, 0.15) is 0 Å². The Morgan fingerprint density at radius 3 is 2.74 bits per heavy atom. The highest BCUT2D eigenvalue weighted by Crippen LogP contribution is 2.34. The maximum atomic E-state index is 12.3. The standard InChI is InChI=1S/C17H28N2O4/c1-2-23-14-8-17(22,9-14)11-18-16(21)12-7-15(20)19(10-12)13-5-3-4-6-13/h12-14,22H,2-11H2,1H3,(H,18,21). The highest BCUT2D eigenvalue weighted by Gasteiger charge is 2.44. The lowest BCUT2D eigenvalue weighted by atomic mass is 9.77. The van der Waals surface area contributed by atoms with Gasteiger partial charge in [-0.05, 0) is 19.8 Å². The first-order valence-corrected chi connectivity index (χ1v) is 8.92. The molecule has 3 fully saturated rings. The van der Waals surface area contributed by atoms with Crippen LogP contribution in [0, 0.1) is 5.92 Å². The molecule has 1 unspecified atom stereocenters. The summed E-state index contributed by atoms with van der Waals surface area (Å²) < 4.78 is 5.44. The van der Waals surface area contributed by atoms with Crippen LogP contribution in [0.25, 0.3) is 0 Å². The van der Waals surface area contributed by atoms with Crippen molar-refractivity contribution in [2.45, 2.75) is 69.6 Å². The zero-order valence-corrected chi connectivity index (χ0v) is 13.9. The molecule has 0 aromatic carbocycles. The molecule has 23 heavy (non-hydrogen) atoms. The van der Waals surface area contributed by atoms with Gasteiger partial charge in [-0.1, -0.05) is 12.8 Å². The number of amides is 2. The topological polar surface area (TPSA) is 78.9 Å². The van der Waals surface area contributed by atoms with Gasteiger partial charge in [0.15, 0.2) is 0 Å². The fourth-order valence-electron chi connectivity index (χ4n) is 4.16. The first-order valence-electron chi connectivity index (χ1n) is 8.92. The second-order valence-corrected chi connectivity index (χ2v) is 7.31. The Hall–Kier alpha value is -1.14. The lowest BCUT2D eigenvalue weighted by Gasteiger charge is -2.43. The zero-order chi connectivity index (χ0) is 16.4. The predicted octanol–water partition coefficient (Wildman–Crippen LogP) is 0.824. The van der Waals surface area contributed by atoms with E-state index < -0.39 is 5.60 Å². The van der Waals surface area contributed by atoms with Gasteiger partial charge in [0.05, 0.1) is 17.6 Å². The van der Waals surface area contributed by atoms with Crippen LogP contribution in [0.5, 0.6) is 0 Å². The quantitative estimate of drug-likeness (QED) is 0.758. The number of nitrogens with zero attached hydrogens (tertiary/aromatic N) is 1. The van der Waals surface area contributed by atoms with E-state index in [-0.39, 0.29) is 30.4 Å². The minimum atomic E-state index is -0.844. The van der Waals surface area contributed by atoms with Gasteiger partial charge < -0.3 is 20.1 Å². The lowest BCUT2D eigenvalue weighted by Crippen LogP contribution is -2.55. The maximum absolute atomic E-state index is 12.3. The van der Waals surface area contributed by atoms with Crippen molar-refractivity contribution in [2.24, 2.45) is 5.92 Å². The van der Waals surface area contributed by atoms with E-state index in [0.29, 0.717) is 38.5 Å². The van der Waals surface area contributed by atoms with Crippen molar-refractivity contribution in [1.82, 2.24) is 10.2 Å². The number of carbonyl (C=O) groups excluding carboxylic acids is 2. The lowest BCUT2D eigenvalue weighted by molar-refractivity contribution is -0.142. The summed E-state index contributed by atoms with van der Waals surface area (Å²) in [4.78, 5) is 26.4. The SMILES string of the molecule is CCOC1CC(O)(CNC(=O)C2CC(=O)N(C3CCCC3)C2)C1. The molecule has 0 radical (unpaired) electrons. The molecule has 0 aromatic heterocycles. The normalized spacial score (nSPS) is 34.7.